The fourth-order valence-electron chi connectivity index (χ4n) is 3.20. The van der Waals surface area contributed by atoms with E-state index in [0.717, 1.165) is 23.1 Å². The summed E-state index contributed by atoms with van der Waals surface area (Å²) in [5.74, 6) is -0.0264. The van der Waals surface area contributed by atoms with Crippen LogP contribution in [0.2, 0.25) is 0 Å². The highest BCUT2D eigenvalue weighted by Gasteiger charge is 2.20. The normalized spacial score (nSPS) is 11.1. The van der Waals surface area contributed by atoms with E-state index in [-0.39, 0.29) is 5.91 Å². The van der Waals surface area contributed by atoms with E-state index < -0.39 is 0 Å². The van der Waals surface area contributed by atoms with Crippen LogP contribution >= 0.6 is 0 Å². The first kappa shape index (κ1) is 18.1. The minimum Gasteiger partial charge on any atom is -0.337 e. The Morgan fingerprint density at radius 2 is 1.88 bits per heavy atom. The van der Waals surface area contributed by atoms with Crippen molar-refractivity contribution in [1.29, 1.82) is 0 Å². The predicted molar refractivity (Wildman–Crippen MR) is 103 cm³/mol. The number of aryl methyl sites for hydroxylation is 3. The van der Waals surface area contributed by atoms with Gasteiger partial charge in [0.1, 0.15) is 0 Å². The van der Waals surface area contributed by atoms with Gasteiger partial charge in [-0.15, -0.1) is 0 Å². The van der Waals surface area contributed by atoms with Gasteiger partial charge in [-0.25, -0.2) is 4.98 Å². The molecule has 2 N–H and O–H groups in total. The maximum atomic E-state index is 13.1. The Morgan fingerprint density at radius 3 is 2.58 bits per heavy atom. The molecule has 0 saturated heterocycles. The second kappa shape index (κ2) is 7.66. The fraction of sp³-hybridized carbons (Fsp3) is 0.350. The molecular weight excluding hydrogens is 326 g/mol. The van der Waals surface area contributed by atoms with Crippen molar-refractivity contribution in [2.75, 3.05) is 19.6 Å². The summed E-state index contributed by atoms with van der Waals surface area (Å²) >= 11 is 0. The van der Waals surface area contributed by atoms with E-state index in [0.29, 0.717) is 30.9 Å². The van der Waals surface area contributed by atoms with Gasteiger partial charge in [0.15, 0.2) is 5.65 Å². The largest absolute Gasteiger partial charge is 0.337 e. The minimum atomic E-state index is -0.0264. The number of hydrogen-bond acceptors (Lipinski definition) is 4. The van der Waals surface area contributed by atoms with Gasteiger partial charge in [0.25, 0.3) is 5.91 Å². The summed E-state index contributed by atoms with van der Waals surface area (Å²) < 4.78 is 1.75. The number of hydrogen-bond donors (Lipinski definition) is 1. The summed E-state index contributed by atoms with van der Waals surface area (Å²) in [5, 5.41) is 5.31. The minimum absolute atomic E-state index is 0.0264. The fourth-order valence-corrected chi connectivity index (χ4v) is 3.20. The number of nitrogens with zero attached hydrogens (tertiary/aromatic N) is 4. The Balaban J connectivity index is 1.87. The predicted octanol–water partition coefficient (Wildman–Crippen LogP) is 2.23. The van der Waals surface area contributed by atoms with Crippen molar-refractivity contribution < 1.29 is 4.79 Å². The van der Waals surface area contributed by atoms with Gasteiger partial charge in [0, 0.05) is 32.1 Å². The van der Waals surface area contributed by atoms with Crippen LogP contribution in [0.3, 0.4) is 0 Å². The van der Waals surface area contributed by atoms with Crippen molar-refractivity contribution in [2.45, 2.75) is 20.3 Å². The van der Waals surface area contributed by atoms with Crippen LogP contribution in [0, 0.1) is 13.8 Å². The Kier molecular flexibility index (Phi) is 5.32. The molecule has 1 aromatic carbocycles. The van der Waals surface area contributed by atoms with E-state index in [4.69, 9.17) is 5.73 Å². The molecule has 3 aromatic rings. The van der Waals surface area contributed by atoms with Crippen LogP contribution in [0.15, 0.2) is 36.4 Å². The van der Waals surface area contributed by atoms with E-state index in [1.54, 1.807) is 4.68 Å². The highest BCUT2D eigenvalue weighted by molar-refractivity contribution is 5.98. The van der Waals surface area contributed by atoms with E-state index in [9.17, 15) is 4.79 Å². The number of carbonyl (C=O) groups is 1. The third kappa shape index (κ3) is 3.60. The summed E-state index contributed by atoms with van der Waals surface area (Å²) in [7, 11) is 1.86. The number of benzene rings is 1. The first-order valence-corrected chi connectivity index (χ1v) is 8.85. The van der Waals surface area contributed by atoms with E-state index in [1.165, 1.54) is 5.56 Å². The van der Waals surface area contributed by atoms with Crippen LogP contribution in [0.1, 0.15) is 27.3 Å². The number of pyridine rings is 1. The molecule has 2 aromatic heterocycles. The number of rotatable bonds is 6. The molecule has 0 bridgehead atoms. The number of fused-ring (bicyclic) bond motifs is 1. The zero-order valence-electron chi connectivity index (χ0n) is 15.6. The quantitative estimate of drug-likeness (QED) is 0.739. The van der Waals surface area contributed by atoms with Gasteiger partial charge in [-0.2, -0.15) is 5.10 Å². The smallest absolute Gasteiger partial charge is 0.255 e. The van der Waals surface area contributed by atoms with E-state index in [1.807, 2.05) is 50.1 Å². The lowest BCUT2D eigenvalue weighted by Crippen LogP contribution is -2.37. The lowest BCUT2D eigenvalue weighted by atomic mass is 10.1. The number of aromatic nitrogens is 3. The Labute approximate surface area is 153 Å². The summed E-state index contributed by atoms with van der Waals surface area (Å²) in [4.78, 5) is 19.6. The first-order chi connectivity index (χ1) is 12.5. The number of carbonyl (C=O) groups excluding carboxylic acids is 1. The molecular formula is C20H25N5O. The second-order valence-corrected chi connectivity index (χ2v) is 6.52. The molecule has 6 nitrogen and oxygen atoms in total. The maximum Gasteiger partial charge on any atom is 0.255 e. The van der Waals surface area contributed by atoms with Gasteiger partial charge in [0.2, 0.25) is 0 Å². The summed E-state index contributed by atoms with van der Waals surface area (Å²) in [6.45, 7) is 5.38. The monoisotopic (exact) mass is 351 g/mol. The third-order valence-corrected chi connectivity index (χ3v) is 4.62. The molecule has 0 spiro atoms. The van der Waals surface area contributed by atoms with Crippen molar-refractivity contribution in [3.05, 3.63) is 58.9 Å². The Morgan fingerprint density at radius 1 is 1.15 bits per heavy atom. The van der Waals surface area contributed by atoms with Crippen molar-refractivity contribution in [1.82, 2.24) is 19.7 Å². The van der Waals surface area contributed by atoms with Crippen LogP contribution in [0.4, 0.5) is 0 Å². The molecule has 0 aliphatic rings. The lowest BCUT2D eigenvalue weighted by Gasteiger charge is -2.23. The van der Waals surface area contributed by atoms with Crippen molar-refractivity contribution in [3.63, 3.8) is 0 Å². The van der Waals surface area contributed by atoms with Crippen LogP contribution < -0.4 is 5.73 Å². The zero-order valence-corrected chi connectivity index (χ0v) is 15.6. The first-order valence-electron chi connectivity index (χ1n) is 8.85. The Bertz CT molecular complexity index is 917. The molecule has 0 aliphatic heterocycles. The molecule has 1 amide bonds. The van der Waals surface area contributed by atoms with Crippen LogP contribution in [-0.4, -0.2) is 45.2 Å². The highest BCUT2D eigenvalue weighted by Crippen LogP contribution is 2.20. The lowest BCUT2D eigenvalue weighted by molar-refractivity contribution is 0.0761. The SMILES string of the molecule is Cc1nc2c(cc1C(=O)N(CCN)CCc1ccccc1)c(C)nn2C. The number of amides is 1. The maximum absolute atomic E-state index is 13.1. The van der Waals surface area contributed by atoms with Crippen LogP contribution in [0.5, 0.6) is 0 Å². The second-order valence-electron chi connectivity index (χ2n) is 6.52. The van der Waals surface area contributed by atoms with Gasteiger partial charge < -0.3 is 10.6 Å². The molecule has 0 atom stereocenters. The standard InChI is InChI=1S/C20H25N5O/c1-14-18(13-17-15(2)23-24(3)19(17)22-14)20(26)25(12-10-21)11-9-16-7-5-4-6-8-16/h4-8,13H,9-12,21H2,1-3H3. The molecule has 6 heteroatoms. The van der Waals surface area contributed by atoms with Crippen molar-refractivity contribution >= 4 is 16.9 Å². The van der Waals surface area contributed by atoms with E-state index in [2.05, 4.69) is 22.2 Å². The molecule has 0 aliphatic carbocycles. The summed E-state index contributed by atoms with van der Waals surface area (Å²) in [6.07, 6.45) is 0.799. The molecule has 136 valence electrons. The highest BCUT2D eigenvalue weighted by atomic mass is 16.2. The molecule has 0 fully saturated rings. The Hall–Kier alpha value is -2.73. The third-order valence-electron chi connectivity index (χ3n) is 4.62. The van der Waals surface area contributed by atoms with Crippen molar-refractivity contribution in [2.24, 2.45) is 12.8 Å². The van der Waals surface area contributed by atoms with Crippen molar-refractivity contribution in [3.8, 4) is 0 Å². The average Bonchev–Trinajstić information content (AvgIpc) is 2.91. The number of nitrogens with two attached hydrogens (primary N) is 1. The van der Waals surface area contributed by atoms with Gasteiger partial charge in [-0.1, -0.05) is 30.3 Å². The van der Waals surface area contributed by atoms with Crippen LogP contribution in [0.25, 0.3) is 11.0 Å². The molecule has 2 heterocycles. The molecule has 3 rings (SSSR count). The van der Waals surface area contributed by atoms with Gasteiger partial charge in [0.05, 0.1) is 17.0 Å². The van der Waals surface area contributed by atoms with Gasteiger partial charge >= 0.3 is 0 Å². The zero-order chi connectivity index (χ0) is 18.7. The van der Waals surface area contributed by atoms with E-state index >= 15 is 0 Å². The topological polar surface area (TPSA) is 77.0 Å². The average molecular weight is 351 g/mol. The molecule has 0 unspecified atom stereocenters. The molecule has 0 radical (unpaired) electrons. The van der Waals surface area contributed by atoms with Gasteiger partial charge in [-0.3, -0.25) is 9.48 Å². The van der Waals surface area contributed by atoms with Crippen LogP contribution in [-0.2, 0) is 13.5 Å². The summed E-state index contributed by atoms with van der Waals surface area (Å²) in [5.41, 5.74) is 9.96. The molecule has 0 saturated carbocycles. The molecule has 26 heavy (non-hydrogen) atoms. The van der Waals surface area contributed by atoms with Gasteiger partial charge in [-0.05, 0) is 31.9 Å². The summed E-state index contributed by atoms with van der Waals surface area (Å²) in [6, 6.07) is 12.1.